The highest BCUT2D eigenvalue weighted by atomic mass is 16.5. The molecular formula is C24H29N3O3. The number of rotatable bonds is 11. The van der Waals surface area contributed by atoms with Gasteiger partial charge in [0.2, 0.25) is 17.7 Å². The smallest absolute Gasteiger partial charge is 0.220 e. The van der Waals surface area contributed by atoms with E-state index in [4.69, 9.17) is 9.15 Å². The van der Waals surface area contributed by atoms with Crippen molar-refractivity contribution in [2.45, 2.75) is 51.5 Å². The zero-order chi connectivity index (χ0) is 21.2. The van der Waals surface area contributed by atoms with Crippen molar-refractivity contribution in [2.75, 3.05) is 7.11 Å². The third kappa shape index (κ3) is 6.44. The van der Waals surface area contributed by atoms with Crippen molar-refractivity contribution in [3.63, 3.8) is 0 Å². The highest BCUT2D eigenvalue weighted by Gasteiger charge is 2.15. The lowest BCUT2D eigenvalue weighted by molar-refractivity contribution is -0.121. The quantitative estimate of drug-likeness (QED) is 0.508. The first-order valence-electron chi connectivity index (χ1n) is 10.5. The molecule has 0 fully saturated rings. The SMILES string of the molecule is CCCC(NC(=O)CCc1nnc(CCc2ccc(OC)cc2)o1)c1ccccc1. The summed E-state index contributed by atoms with van der Waals surface area (Å²) in [7, 11) is 1.65. The first-order chi connectivity index (χ1) is 14.7. The minimum absolute atomic E-state index is 0.00436. The molecule has 3 aromatic rings. The Labute approximate surface area is 177 Å². The number of hydrogen-bond acceptors (Lipinski definition) is 5. The fourth-order valence-corrected chi connectivity index (χ4v) is 3.32. The highest BCUT2D eigenvalue weighted by molar-refractivity contribution is 5.76. The van der Waals surface area contributed by atoms with E-state index in [2.05, 4.69) is 22.4 Å². The van der Waals surface area contributed by atoms with Gasteiger partial charge in [-0.2, -0.15) is 0 Å². The molecular weight excluding hydrogens is 378 g/mol. The van der Waals surface area contributed by atoms with Crippen LogP contribution in [0.1, 0.15) is 55.1 Å². The van der Waals surface area contributed by atoms with Gasteiger partial charge >= 0.3 is 0 Å². The van der Waals surface area contributed by atoms with Gasteiger partial charge < -0.3 is 14.5 Å². The Bertz CT molecular complexity index is 907. The Hall–Kier alpha value is -3.15. The summed E-state index contributed by atoms with van der Waals surface area (Å²) in [6.07, 6.45) is 4.15. The van der Waals surface area contributed by atoms with Crippen molar-refractivity contribution >= 4 is 5.91 Å². The molecule has 0 spiro atoms. The number of aromatic nitrogens is 2. The van der Waals surface area contributed by atoms with Crippen LogP contribution in [0.3, 0.4) is 0 Å². The Morgan fingerprint density at radius 3 is 2.37 bits per heavy atom. The molecule has 0 saturated heterocycles. The minimum Gasteiger partial charge on any atom is -0.497 e. The van der Waals surface area contributed by atoms with Gasteiger partial charge in [0.25, 0.3) is 0 Å². The number of methoxy groups -OCH3 is 1. The number of amides is 1. The van der Waals surface area contributed by atoms with Gasteiger partial charge in [-0.1, -0.05) is 55.8 Å². The Kier molecular flexibility index (Phi) is 8.01. The molecule has 0 radical (unpaired) electrons. The van der Waals surface area contributed by atoms with E-state index < -0.39 is 0 Å². The van der Waals surface area contributed by atoms with Crippen LogP contribution in [0, 0.1) is 0 Å². The van der Waals surface area contributed by atoms with Crippen LogP contribution >= 0.6 is 0 Å². The molecule has 0 aliphatic rings. The molecule has 0 aliphatic heterocycles. The summed E-state index contributed by atoms with van der Waals surface area (Å²) in [6.45, 7) is 2.12. The second-order valence-electron chi connectivity index (χ2n) is 7.26. The van der Waals surface area contributed by atoms with Crippen LogP contribution in [-0.2, 0) is 24.1 Å². The summed E-state index contributed by atoms with van der Waals surface area (Å²) in [5.74, 6) is 1.93. The standard InChI is InChI=1S/C24H29N3O3/c1-3-7-21(19-8-5-4-6-9-19)25-22(28)15-17-24-27-26-23(30-24)16-12-18-10-13-20(29-2)14-11-18/h4-6,8-11,13-14,21H,3,7,12,15-17H2,1-2H3,(H,25,28). The number of benzene rings is 2. The maximum Gasteiger partial charge on any atom is 0.220 e. The van der Waals surface area contributed by atoms with Crippen LogP contribution in [0.15, 0.2) is 59.0 Å². The van der Waals surface area contributed by atoms with Gasteiger partial charge in [0.1, 0.15) is 5.75 Å². The maximum atomic E-state index is 12.4. The van der Waals surface area contributed by atoms with Crippen molar-refractivity contribution in [1.29, 1.82) is 0 Å². The summed E-state index contributed by atoms with van der Waals surface area (Å²) in [4.78, 5) is 12.4. The van der Waals surface area contributed by atoms with Crippen molar-refractivity contribution in [3.05, 3.63) is 77.5 Å². The van der Waals surface area contributed by atoms with Crippen LogP contribution in [0.25, 0.3) is 0 Å². The maximum absolute atomic E-state index is 12.4. The first-order valence-corrected chi connectivity index (χ1v) is 10.5. The molecule has 0 bridgehead atoms. The minimum atomic E-state index is -0.00436. The molecule has 30 heavy (non-hydrogen) atoms. The number of carbonyl (C=O) groups is 1. The van der Waals surface area contributed by atoms with E-state index >= 15 is 0 Å². The van der Waals surface area contributed by atoms with Crippen molar-refractivity contribution in [3.8, 4) is 5.75 Å². The van der Waals surface area contributed by atoms with Crippen LogP contribution in [0.2, 0.25) is 0 Å². The van der Waals surface area contributed by atoms with E-state index in [1.807, 2.05) is 54.6 Å². The zero-order valence-electron chi connectivity index (χ0n) is 17.6. The topological polar surface area (TPSA) is 77.2 Å². The Morgan fingerprint density at radius 2 is 1.70 bits per heavy atom. The lowest BCUT2D eigenvalue weighted by Gasteiger charge is -2.18. The Balaban J connectivity index is 1.46. The van der Waals surface area contributed by atoms with Gasteiger partial charge in [0, 0.05) is 19.3 Å². The van der Waals surface area contributed by atoms with Gasteiger partial charge in [-0.3, -0.25) is 4.79 Å². The van der Waals surface area contributed by atoms with Crippen LogP contribution < -0.4 is 10.1 Å². The predicted molar refractivity (Wildman–Crippen MR) is 115 cm³/mol. The van der Waals surface area contributed by atoms with Gasteiger partial charge in [0.05, 0.1) is 13.2 Å². The molecule has 1 N–H and O–H groups in total. The lowest BCUT2D eigenvalue weighted by atomic mass is 10.0. The molecule has 0 aliphatic carbocycles. The van der Waals surface area contributed by atoms with E-state index in [9.17, 15) is 4.79 Å². The normalized spacial score (nSPS) is 11.8. The summed E-state index contributed by atoms with van der Waals surface area (Å²) < 4.78 is 10.9. The van der Waals surface area contributed by atoms with E-state index in [1.54, 1.807) is 7.11 Å². The third-order valence-corrected chi connectivity index (χ3v) is 4.98. The molecule has 1 unspecified atom stereocenters. The number of aryl methyl sites for hydroxylation is 3. The van der Waals surface area contributed by atoms with Crippen molar-refractivity contribution in [2.24, 2.45) is 0 Å². The summed E-state index contributed by atoms with van der Waals surface area (Å²) in [5, 5.41) is 11.3. The van der Waals surface area contributed by atoms with E-state index in [0.717, 1.165) is 30.6 Å². The van der Waals surface area contributed by atoms with Gasteiger partial charge in [-0.05, 0) is 36.1 Å². The van der Waals surface area contributed by atoms with E-state index in [0.29, 0.717) is 31.0 Å². The third-order valence-electron chi connectivity index (χ3n) is 4.98. The first kappa shape index (κ1) is 21.6. The van der Waals surface area contributed by atoms with Crippen molar-refractivity contribution < 1.29 is 13.9 Å². The van der Waals surface area contributed by atoms with Gasteiger partial charge in [0.15, 0.2) is 0 Å². The molecule has 6 heteroatoms. The van der Waals surface area contributed by atoms with Crippen LogP contribution in [0.4, 0.5) is 0 Å². The average molecular weight is 408 g/mol. The van der Waals surface area contributed by atoms with Gasteiger partial charge in [-0.25, -0.2) is 0 Å². The molecule has 158 valence electrons. The number of nitrogens with zero attached hydrogens (tertiary/aromatic N) is 2. The molecule has 1 amide bonds. The number of carbonyl (C=O) groups excluding carboxylic acids is 1. The fraction of sp³-hybridized carbons (Fsp3) is 0.375. The fourth-order valence-electron chi connectivity index (χ4n) is 3.32. The molecule has 1 atom stereocenters. The van der Waals surface area contributed by atoms with E-state index in [-0.39, 0.29) is 11.9 Å². The molecule has 2 aromatic carbocycles. The molecule has 1 heterocycles. The van der Waals surface area contributed by atoms with Crippen LogP contribution in [0.5, 0.6) is 5.75 Å². The molecule has 0 saturated carbocycles. The predicted octanol–water partition coefficient (Wildman–Crippen LogP) is 4.45. The monoisotopic (exact) mass is 407 g/mol. The summed E-state index contributed by atoms with van der Waals surface area (Å²) in [5.41, 5.74) is 2.31. The second-order valence-corrected chi connectivity index (χ2v) is 7.26. The number of hydrogen-bond donors (Lipinski definition) is 1. The number of ether oxygens (including phenoxy) is 1. The van der Waals surface area contributed by atoms with Crippen molar-refractivity contribution in [1.82, 2.24) is 15.5 Å². The largest absolute Gasteiger partial charge is 0.497 e. The summed E-state index contributed by atoms with van der Waals surface area (Å²) >= 11 is 0. The second kappa shape index (κ2) is 11.1. The van der Waals surface area contributed by atoms with Crippen LogP contribution in [-0.4, -0.2) is 23.2 Å². The number of nitrogens with one attached hydrogen (secondary N) is 1. The molecule has 1 aromatic heterocycles. The highest BCUT2D eigenvalue weighted by Crippen LogP contribution is 2.18. The van der Waals surface area contributed by atoms with Gasteiger partial charge in [-0.15, -0.1) is 10.2 Å². The lowest BCUT2D eigenvalue weighted by Crippen LogP contribution is -2.28. The zero-order valence-corrected chi connectivity index (χ0v) is 17.6. The Morgan fingerprint density at radius 1 is 1.00 bits per heavy atom. The molecule has 3 rings (SSSR count). The summed E-state index contributed by atoms with van der Waals surface area (Å²) in [6, 6.07) is 18.0. The molecule has 6 nitrogen and oxygen atoms in total. The average Bonchev–Trinajstić information content (AvgIpc) is 3.25. The van der Waals surface area contributed by atoms with E-state index in [1.165, 1.54) is 5.56 Å².